The fourth-order valence-electron chi connectivity index (χ4n) is 1.91. The van der Waals surface area contributed by atoms with E-state index in [0.717, 1.165) is 16.0 Å². The van der Waals surface area contributed by atoms with Crippen LogP contribution in [0.1, 0.15) is 21.5 Å². The fourth-order valence-corrected chi connectivity index (χ4v) is 2.32. The van der Waals surface area contributed by atoms with Crippen molar-refractivity contribution in [3.63, 3.8) is 0 Å². The second-order valence-electron chi connectivity index (χ2n) is 4.40. The van der Waals surface area contributed by atoms with E-state index in [4.69, 9.17) is 0 Å². The summed E-state index contributed by atoms with van der Waals surface area (Å²) in [7, 11) is 0. The molecule has 98 valence electrons. The van der Waals surface area contributed by atoms with Gasteiger partial charge in [-0.25, -0.2) is 4.39 Å². The summed E-state index contributed by atoms with van der Waals surface area (Å²) in [6.45, 7) is 1.82. The summed E-state index contributed by atoms with van der Waals surface area (Å²) in [5.74, 6) is -0.208. The van der Waals surface area contributed by atoms with Crippen LogP contribution in [-0.4, -0.2) is 12.0 Å². The first-order chi connectivity index (χ1) is 9.10. The minimum atomic E-state index is -0.266. The molecule has 1 nitrogen and oxygen atoms in total. The van der Waals surface area contributed by atoms with Crippen LogP contribution < -0.4 is 0 Å². The van der Waals surface area contributed by atoms with Crippen molar-refractivity contribution in [2.24, 2.45) is 0 Å². The summed E-state index contributed by atoms with van der Waals surface area (Å²) < 4.78 is 13.0. The standard InChI is InChI=1S/C16H15FOS/c1-11-9-14(17)6-3-13(11)10-16(18)12-4-7-15(19-2)8-5-12/h3-9H,10H2,1-2H3. The van der Waals surface area contributed by atoms with Crippen molar-refractivity contribution in [2.75, 3.05) is 6.26 Å². The summed E-state index contributed by atoms with van der Waals surface area (Å²) in [6.07, 6.45) is 2.31. The van der Waals surface area contributed by atoms with Crippen LogP contribution in [0.3, 0.4) is 0 Å². The zero-order valence-corrected chi connectivity index (χ0v) is 11.8. The fraction of sp³-hybridized carbons (Fsp3) is 0.188. The second-order valence-corrected chi connectivity index (χ2v) is 5.28. The molecular formula is C16H15FOS. The lowest BCUT2D eigenvalue weighted by Gasteiger charge is -2.06. The molecule has 2 aromatic carbocycles. The predicted molar refractivity (Wildman–Crippen MR) is 77.4 cm³/mol. The molecule has 19 heavy (non-hydrogen) atoms. The van der Waals surface area contributed by atoms with Crippen LogP contribution in [0.4, 0.5) is 4.39 Å². The van der Waals surface area contributed by atoms with E-state index in [1.807, 2.05) is 37.4 Å². The first-order valence-corrected chi connectivity index (χ1v) is 7.25. The van der Waals surface area contributed by atoms with E-state index >= 15 is 0 Å². The molecule has 0 aromatic heterocycles. The van der Waals surface area contributed by atoms with Crippen LogP contribution >= 0.6 is 11.8 Å². The number of Topliss-reactive ketones (excluding diaryl/α,β-unsaturated/α-hetero) is 1. The van der Waals surface area contributed by atoms with Gasteiger partial charge in [0.1, 0.15) is 5.82 Å². The lowest BCUT2D eigenvalue weighted by atomic mass is 9.99. The molecule has 0 amide bonds. The zero-order chi connectivity index (χ0) is 13.8. The highest BCUT2D eigenvalue weighted by molar-refractivity contribution is 7.98. The molecule has 0 spiro atoms. The van der Waals surface area contributed by atoms with Crippen LogP contribution in [0.15, 0.2) is 47.4 Å². The van der Waals surface area contributed by atoms with Gasteiger partial charge in [-0.05, 0) is 48.6 Å². The highest BCUT2D eigenvalue weighted by Crippen LogP contribution is 2.17. The number of rotatable bonds is 4. The number of halogens is 1. The quantitative estimate of drug-likeness (QED) is 0.611. The van der Waals surface area contributed by atoms with Gasteiger partial charge in [-0.15, -0.1) is 11.8 Å². The third kappa shape index (κ3) is 3.44. The second kappa shape index (κ2) is 6.02. The van der Waals surface area contributed by atoms with Crippen LogP contribution in [-0.2, 0) is 6.42 Å². The Bertz CT molecular complexity index is 590. The van der Waals surface area contributed by atoms with Crippen LogP contribution in [0, 0.1) is 12.7 Å². The van der Waals surface area contributed by atoms with E-state index in [1.165, 1.54) is 12.1 Å². The Kier molecular flexibility index (Phi) is 4.38. The Morgan fingerprint density at radius 3 is 2.42 bits per heavy atom. The van der Waals surface area contributed by atoms with Crippen molar-refractivity contribution in [2.45, 2.75) is 18.2 Å². The molecule has 2 aromatic rings. The van der Waals surface area contributed by atoms with Crippen molar-refractivity contribution in [1.82, 2.24) is 0 Å². The highest BCUT2D eigenvalue weighted by Gasteiger charge is 2.09. The molecule has 0 N–H and O–H groups in total. The summed E-state index contributed by atoms with van der Waals surface area (Å²) in [6, 6.07) is 12.1. The molecule has 0 aliphatic heterocycles. The van der Waals surface area contributed by atoms with Crippen molar-refractivity contribution >= 4 is 17.5 Å². The van der Waals surface area contributed by atoms with E-state index in [1.54, 1.807) is 17.8 Å². The molecule has 0 aliphatic rings. The highest BCUT2D eigenvalue weighted by atomic mass is 32.2. The maximum Gasteiger partial charge on any atom is 0.167 e. The SMILES string of the molecule is CSc1ccc(C(=O)Cc2ccc(F)cc2C)cc1. The number of hydrogen-bond acceptors (Lipinski definition) is 2. The molecular weight excluding hydrogens is 259 g/mol. The summed E-state index contributed by atoms with van der Waals surface area (Å²) in [5.41, 5.74) is 2.39. The number of thioether (sulfide) groups is 1. The van der Waals surface area contributed by atoms with Gasteiger partial charge in [0, 0.05) is 16.9 Å². The average Bonchev–Trinajstić information content (AvgIpc) is 2.42. The summed E-state index contributed by atoms with van der Waals surface area (Å²) in [5, 5.41) is 0. The molecule has 0 atom stereocenters. The summed E-state index contributed by atoms with van der Waals surface area (Å²) >= 11 is 1.64. The van der Waals surface area contributed by atoms with Gasteiger partial charge in [0.05, 0.1) is 0 Å². The van der Waals surface area contributed by atoms with Crippen LogP contribution in [0.25, 0.3) is 0 Å². The number of hydrogen-bond donors (Lipinski definition) is 0. The van der Waals surface area contributed by atoms with Gasteiger partial charge in [0.2, 0.25) is 0 Å². The first-order valence-electron chi connectivity index (χ1n) is 6.02. The molecule has 3 heteroatoms. The van der Waals surface area contributed by atoms with Gasteiger partial charge >= 0.3 is 0 Å². The molecule has 0 aliphatic carbocycles. The van der Waals surface area contributed by atoms with Gasteiger partial charge < -0.3 is 0 Å². The Labute approximate surface area is 116 Å². The third-order valence-electron chi connectivity index (χ3n) is 3.07. The van der Waals surface area contributed by atoms with Gasteiger partial charge in [-0.3, -0.25) is 4.79 Å². The predicted octanol–water partition coefficient (Wildman–Crippen LogP) is 4.28. The first kappa shape index (κ1) is 13.8. The minimum absolute atomic E-state index is 0.0577. The number of ketones is 1. The van der Waals surface area contributed by atoms with Crippen LogP contribution in [0.5, 0.6) is 0 Å². The Morgan fingerprint density at radius 2 is 1.84 bits per heavy atom. The molecule has 0 fully saturated rings. The average molecular weight is 274 g/mol. The largest absolute Gasteiger partial charge is 0.294 e. The van der Waals surface area contributed by atoms with E-state index < -0.39 is 0 Å². The van der Waals surface area contributed by atoms with Gasteiger partial charge in [0.25, 0.3) is 0 Å². The Hall–Kier alpha value is -1.61. The molecule has 0 heterocycles. The van der Waals surface area contributed by atoms with Crippen molar-refractivity contribution in [3.8, 4) is 0 Å². The minimum Gasteiger partial charge on any atom is -0.294 e. The van der Waals surface area contributed by atoms with E-state index in [-0.39, 0.29) is 11.6 Å². The molecule has 0 saturated carbocycles. The third-order valence-corrected chi connectivity index (χ3v) is 3.81. The lowest BCUT2D eigenvalue weighted by molar-refractivity contribution is 0.0992. The van der Waals surface area contributed by atoms with Crippen LogP contribution in [0.2, 0.25) is 0 Å². The van der Waals surface area contributed by atoms with Crippen molar-refractivity contribution in [3.05, 3.63) is 65.0 Å². The van der Waals surface area contributed by atoms with Crippen molar-refractivity contribution < 1.29 is 9.18 Å². The van der Waals surface area contributed by atoms with Gasteiger partial charge in [-0.1, -0.05) is 18.2 Å². The molecule has 0 radical (unpaired) electrons. The van der Waals surface area contributed by atoms with Gasteiger partial charge in [-0.2, -0.15) is 0 Å². The van der Waals surface area contributed by atoms with E-state index in [0.29, 0.717) is 12.0 Å². The van der Waals surface area contributed by atoms with E-state index in [9.17, 15) is 9.18 Å². The molecule has 2 rings (SSSR count). The topological polar surface area (TPSA) is 17.1 Å². The normalized spacial score (nSPS) is 10.5. The maximum absolute atomic E-state index is 13.0. The molecule has 0 unspecified atom stereocenters. The smallest absolute Gasteiger partial charge is 0.167 e. The number of carbonyl (C=O) groups is 1. The molecule has 0 saturated heterocycles. The number of benzene rings is 2. The molecule has 0 bridgehead atoms. The maximum atomic E-state index is 13.0. The Balaban J connectivity index is 2.15. The Morgan fingerprint density at radius 1 is 1.16 bits per heavy atom. The lowest BCUT2D eigenvalue weighted by Crippen LogP contribution is -2.05. The van der Waals surface area contributed by atoms with Gasteiger partial charge in [0.15, 0.2) is 5.78 Å². The monoisotopic (exact) mass is 274 g/mol. The number of carbonyl (C=O) groups excluding carboxylic acids is 1. The summed E-state index contributed by atoms with van der Waals surface area (Å²) in [4.78, 5) is 13.3. The number of aryl methyl sites for hydroxylation is 1. The van der Waals surface area contributed by atoms with E-state index in [2.05, 4.69) is 0 Å². The van der Waals surface area contributed by atoms with Crippen molar-refractivity contribution in [1.29, 1.82) is 0 Å². The zero-order valence-electron chi connectivity index (χ0n) is 10.9.